The maximum atomic E-state index is 13.2. The van der Waals surface area contributed by atoms with Gasteiger partial charge in [0.2, 0.25) is 0 Å². The van der Waals surface area contributed by atoms with Crippen molar-refractivity contribution in [1.29, 1.82) is 0 Å². The van der Waals surface area contributed by atoms with E-state index in [1.54, 1.807) is 35.4 Å². The molecule has 3 aromatic rings. The van der Waals surface area contributed by atoms with E-state index >= 15 is 0 Å². The summed E-state index contributed by atoms with van der Waals surface area (Å²) in [6.45, 7) is 2.21. The van der Waals surface area contributed by atoms with Gasteiger partial charge in [0.05, 0.1) is 34.0 Å². The molecule has 1 fully saturated rings. The van der Waals surface area contributed by atoms with Crippen LogP contribution in [-0.2, 0) is 11.3 Å². The molecular weight excluding hydrogens is 477 g/mol. The highest BCUT2D eigenvalue weighted by molar-refractivity contribution is 8.18. The normalized spacial score (nSPS) is 17.1. The number of carbonyl (C=O) groups is 1. The lowest BCUT2D eigenvalue weighted by molar-refractivity contribution is -0.122. The highest BCUT2D eigenvalue weighted by Gasteiger charge is 2.34. The van der Waals surface area contributed by atoms with Gasteiger partial charge in [-0.05, 0) is 54.1 Å². The summed E-state index contributed by atoms with van der Waals surface area (Å²) in [4.78, 5) is 15.3. The van der Waals surface area contributed by atoms with Crippen molar-refractivity contribution in [2.24, 2.45) is 10.2 Å². The van der Waals surface area contributed by atoms with Gasteiger partial charge in [-0.2, -0.15) is 5.10 Å². The summed E-state index contributed by atoms with van der Waals surface area (Å²) in [6, 6.07) is 18.8. The second-order valence-electron chi connectivity index (χ2n) is 7.15. The van der Waals surface area contributed by atoms with Crippen LogP contribution in [0.5, 0.6) is 0 Å². The number of nitrogens with zero attached hydrogens (tertiary/aromatic N) is 3. The van der Waals surface area contributed by atoms with E-state index in [4.69, 9.17) is 27.6 Å². The van der Waals surface area contributed by atoms with E-state index < -0.39 is 0 Å². The molecule has 0 atom stereocenters. The van der Waals surface area contributed by atoms with Gasteiger partial charge in [-0.25, -0.2) is 0 Å². The Morgan fingerprint density at radius 1 is 1.09 bits per heavy atom. The smallest absolute Gasteiger partial charge is 0.267 e. The molecule has 0 N–H and O–H groups in total. The van der Waals surface area contributed by atoms with Crippen molar-refractivity contribution in [3.63, 3.8) is 0 Å². The zero-order valence-electron chi connectivity index (χ0n) is 17.6. The molecule has 33 heavy (non-hydrogen) atoms. The van der Waals surface area contributed by atoms with Crippen LogP contribution in [0.15, 0.2) is 98.1 Å². The first-order chi connectivity index (χ1) is 16.0. The number of carbonyl (C=O) groups excluding carboxylic acids is 1. The van der Waals surface area contributed by atoms with Crippen LogP contribution in [0.1, 0.15) is 23.8 Å². The van der Waals surface area contributed by atoms with Crippen molar-refractivity contribution in [2.45, 2.75) is 13.5 Å². The maximum Gasteiger partial charge on any atom is 0.267 e. The number of thioether (sulfide) groups is 1. The minimum absolute atomic E-state index is 0.160. The van der Waals surface area contributed by atoms with E-state index in [2.05, 4.69) is 10.2 Å². The summed E-state index contributed by atoms with van der Waals surface area (Å²) in [7, 11) is 0. The quantitative estimate of drug-likeness (QED) is 0.209. The molecule has 5 nitrogen and oxygen atoms in total. The number of furan rings is 1. The summed E-state index contributed by atoms with van der Waals surface area (Å²) < 4.78 is 5.43. The van der Waals surface area contributed by atoms with E-state index in [9.17, 15) is 4.79 Å². The fourth-order valence-corrected chi connectivity index (χ4v) is 4.44. The molecule has 0 aliphatic carbocycles. The molecule has 1 amide bonds. The molecule has 1 aliphatic heterocycles. The van der Waals surface area contributed by atoms with E-state index in [1.165, 1.54) is 18.0 Å². The molecule has 0 bridgehead atoms. The van der Waals surface area contributed by atoms with Crippen molar-refractivity contribution in [1.82, 2.24) is 4.90 Å². The third kappa shape index (κ3) is 5.85. The monoisotopic (exact) mass is 495 g/mol. The first kappa shape index (κ1) is 23.1. The third-order valence-electron chi connectivity index (χ3n) is 4.66. The van der Waals surface area contributed by atoms with Gasteiger partial charge in [0.15, 0.2) is 5.17 Å². The van der Waals surface area contributed by atoms with Crippen LogP contribution in [0.4, 0.5) is 0 Å². The average molecular weight is 496 g/mol. The van der Waals surface area contributed by atoms with Crippen LogP contribution in [0, 0.1) is 0 Å². The van der Waals surface area contributed by atoms with Crippen molar-refractivity contribution in [3.8, 4) is 0 Å². The molecule has 1 saturated heterocycles. The van der Waals surface area contributed by atoms with Crippen LogP contribution in [0.2, 0.25) is 10.0 Å². The van der Waals surface area contributed by atoms with Crippen molar-refractivity contribution in [2.75, 3.05) is 0 Å². The minimum atomic E-state index is -0.160. The van der Waals surface area contributed by atoms with Crippen LogP contribution >= 0.6 is 35.0 Å². The van der Waals surface area contributed by atoms with Crippen molar-refractivity contribution < 1.29 is 9.21 Å². The maximum absolute atomic E-state index is 13.2. The van der Waals surface area contributed by atoms with Gasteiger partial charge in [-0.3, -0.25) is 9.69 Å². The molecule has 0 unspecified atom stereocenters. The Hall–Kier alpha value is -3.06. The van der Waals surface area contributed by atoms with Gasteiger partial charge in [0.1, 0.15) is 5.76 Å². The van der Waals surface area contributed by atoms with Gasteiger partial charge < -0.3 is 4.42 Å². The van der Waals surface area contributed by atoms with Gasteiger partial charge in [0, 0.05) is 5.56 Å². The highest BCUT2D eigenvalue weighted by atomic mass is 35.5. The Labute approximate surface area is 206 Å². The second kappa shape index (κ2) is 10.7. The molecule has 1 aromatic heterocycles. The van der Waals surface area contributed by atoms with Crippen molar-refractivity contribution >= 4 is 58.3 Å². The van der Waals surface area contributed by atoms with E-state index in [-0.39, 0.29) is 12.5 Å². The summed E-state index contributed by atoms with van der Waals surface area (Å²) >= 11 is 13.5. The summed E-state index contributed by atoms with van der Waals surface area (Å²) in [6.07, 6.45) is 6.96. The first-order valence-corrected chi connectivity index (χ1v) is 11.6. The van der Waals surface area contributed by atoms with Crippen LogP contribution < -0.4 is 0 Å². The van der Waals surface area contributed by atoms with E-state index in [0.717, 1.165) is 11.1 Å². The number of allylic oxidation sites excluding steroid dienone is 2. The molecule has 8 heteroatoms. The fraction of sp³-hybridized carbons (Fsp3) is 0.0800. The van der Waals surface area contributed by atoms with Gasteiger partial charge in [-0.15, -0.1) is 5.10 Å². The fourth-order valence-electron chi connectivity index (χ4n) is 3.10. The number of halogens is 2. The predicted molar refractivity (Wildman–Crippen MR) is 137 cm³/mol. The van der Waals surface area contributed by atoms with Gasteiger partial charge in [-0.1, -0.05) is 71.7 Å². The van der Waals surface area contributed by atoms with Gasteiger partial charge in [0.25, 0.3) is 5.91 Å². The Kier molecular flexibility index (Phi) is 7.50. The predicted octanol–water partition coefficient (Wildman–Crippen LogP) is 7.04. The standard InChI is InChI=1S/C25H19Cl2N3O2S/c1-17(13-18-7-3-2-4-8-18)14-22-24(31)30(16-20-10-6-12-32-20)25(33-22)29-28-15-19-9-5-11-21(26)23(19)27/h2-15H,16H2,1H3/b17-13+,22-14-,28-15-,29-25+. The molecule has 4 rings (SSSR count). The number of rotatable bonds is 6. The van der Waals surface area contributed by atoms with Gasteiger partial charge >= 0.3 is 0 Å². The Morgan fingerprint density at radius 2 is 1.91 bits per heavy atom. The zero-order chi connectivity index (χ0) is 23.2. The average Bonchev–Trinajstić information content (AvgIpc) is 3.42. The van der Waals surface area contributed by atoms with Crippen LogP contribution in [0.3, 0.4) is 0 Å². The lowest BCUT2D eigenvalue weighted by Gasteiger charge is -2.12. The zero-order valence-corrected chi connectivity index (χ0v) is 19.9. The molecule has 0 spiro atoms. The lowest BCUT2D eigenvalue weighted by Crippen LogP contribution is -2.28. The lowest BCUT2D eigenvalue weighted by atomic mass is 10.1. The molecular formula is C25H19Cl2N3O2S. The Morgan fingerprint density at radius 3 is 2.67 bits per heavy atom. The van der Waals surface area contributed by atoms with E-state index in [1.807, 2.05) is 55.5 Å². The Balaban J connectivity index is 1.61. The van der Waals surface area contributed by atoms with E-state index in [0.29, 0.717) is 31.4 Å². The molecule has 0 saturated carbocycles. The number of amides is 1. The largest absolute Gasteiger partial charge is 0.467 e. The molecule has 0 radical (unpaired) electrons. The number of benzene rings is 2. The SMILES string of the molecule is CC(/C=C1\S/C(=N/N=C\c2cccc(Cl)c2Cl)N(Cc2ccco2)C1=O)=C\c1ccccc1. The minimum Gasteiger partial charge on any atom is -0.467 e. The van der Waals surface area contributed by atoms with Crippen LogP contribution in [0.25, 0.3) is 6.08 Å². The van der Waals surface area contributed by atoms with Crippen molar-refractivity contribution in [3.05, 3.63) is 110 Å². The first-order valence-electron chi connectivity index (χ1n) is 10.0. The summed E-state index contributed by atoms with van der Waals surface area (Å²) in [5.74, 6) is 0.489. The van der Waals surface area contributed by atoms with Crippen LogP contribution in [-0.4, -0.2) is 22.2 Å². The topological polar surface area (TPSA) is 58.2 Å². The molecule has 1 aliphatic rings. The third-order valence-corrected chi connectivity index (χ3v) is 6.49. The summed E-state index contributed by atoms with van der Waals surface area (Å²) in [5, 5.41) is 9.73. The number of hydrogen-bond donors (Lipinski definition) is 0. The molecule has 2 heterocycles. The molecule has 2 aromatic carbocycles. The summed E-state index contributed by atoms with van der Waals surface area (Å²) in [5.41, 5.74) is 2.65. The second-order valence-corrected chi connectivity index (χ2v) is 8.94. The number of hydrogen-bond acceptors (Lipinski definition) is 5. The highest BCUT2D eigenvalue weighted by Crippen LogP contribution is 2.33. The molecule has 166 valence electrons. The number of amidine groups is 1. The Bertz CT molecular complexity index is 1270.